The largest absolute Gasteiger partial charge is 0.482 e. The minimum absolute atomic E-state index is 0.100. The van der Waals surface area contributed by atoms with Crippen LogP contribution in [0.3, 0.4) is 0 Å². The second-order valence-electron chi connectivity index (χ2n) is 5.56. The van der Waals surface area contributed by atoms with Gasteiger partial charge in [-0.15, -0.1) is 11.3 Å². The topological polar surface area (TPSA) is 79.1 Å². The van der Waals surface area contributed by atoms with E-state index in [1.807, 2.05) is 6.07 Å². The van der Waals surface area contributed by atoms with Crippen LogP contribution in [0.15, 0.2) is 46.7 Å². The number of hydrogen-bond donors (Lipinski definition) is 0. The molecule has 2 atom stereocenters. The molecule has 8 heteroatoms. The molecule has 0 bridgehead atoms. The van der Waals surface area contributed by atoms with Gasteiger partial charge in [0.05, 0.1) is 5.69 Å². The molecule has 4 rings (SSSR count). The number of nitrogens with zero attached hydrogens (tertiary/aromatic N) is 2. The Morgan fingerprint density at radius 2 is 2.08 bits per heavy atom. The molecule has 3 aromatic rings. The van der Waals surface area contributed by atoms with Gasteiger partial charge in [0, 0.05) is 17.6 Å². The third kappa shape index (κ3) is 2.96. The average molecular weight is 358 g/mol. The van der Waals surface area contributed by atoms with E-state index in [1.54, 1.807) is 36.7 Å². The fourth-order valence-corrected chi connectivity index (χ4v) is 3.31. The number of rotatable bonds is 3. The predicted molar refractivity (Wildman–Crippen MR) is 90.1 cm³/mol. The van der Waals surface area contributed by atoms with E-state index in [2.05, 4.69) is 4.98 Å². The summed E-state index contributed by atoms with van der Waals surface area (Å²) in [6.45, 7) is 1.64. The third-order valence-electron chi connectivity index (χ3n) is 3.79. The molecule has 0 aliphatic carbocycles. The quantitative estimate of drug-likeness (QED) is 0.667. The molecule has 128 valence electrons. The summed E-state index contributed by atoms with van der Waals surface area (Å²) in [6, 6.07) is 8.49. The molecule has 0 unspecified atom stereocenters. The first kappa shape index (κ1) is 15.6. The molecular formula is C17H14N2O5S. The van der Waals surface area contributed by atoms with Crippen molar-refractivity contribution >= 4 is 22.3 Å². The number of para-hydroxylation sites is 2. The second kappa shape index (κ2) is 6.21. The van der Waals surface area contributed by atoms with Crippen LogP contribution in [0.2, 0.25) is 0 Å². The highest BCUT2D eigenvalue weighted by molar-refractivity contribution is 7.15. The van der Waals surface area contributed by atoms with Crippen molar-refractivity contribution in [3.05, 3.63) is 58.0 Å². The normalized spacial score (nSPS) is 18.9. The Kier molecular flexibility index (Phi) is 3.89. The highest BCUT2D eigenvalue weighted by Crippen LogP contribution is 2.33. The number of ether oxygens (including phenoxy) is 3. The Hall–Kier alpha value is -2.87. The van der Waals surface area contributed by atoms with Crippen molar-refractivity contribution in [3.63, 3.8) is 0 Å². The van der Waals surface area contributed by atoms with Crippen molar-refractivity contribution in [2.45, 2.75) is 25.7 Å². The van der Waals surface area contributed by atoms with Gasteiger partial charge in [0.15, 0.2) is 16.5 Å². The van der Waals surface area contributed by atoms with E-state index in [1.165, 1.54) is 21.8 Å². The lowest BCUT2D eigenvalue weighted by molar-refractivity contribution is -0.159. The highest BCUT2D eigenvalue weighted by atomic mass is 32.1. The van der Waals surface area contributed by atoms with Gasteiger partial charge in [-0.05, 0) is 19.1 Å². The number of esters is 1. The van der Waals surface area contributed by atoms with E-state index < -0.39 is 18.2 Å². The van der Waals surface area contributed by atoms with E-state index in [0.29, 0.717) is 22.2 Å². The van der Waals surface area contributed by atoms with Crippen molar-refractivity contribution in [1.82, 2.24) is 9.38 Å². The average Bonchev–Trinajstić information content (AvgIpc) is 3.08. The first-order valence-corrected chi connectivity index (χ1v) is 8.54. The number of benzene rings is 1. The van der Waals surface area contributed by atoms with Gasteiger partial charge >= 0.3 is 5.97 Å². The summed E-state index contributed by atoms with van der Waals surface area (Å²) in [6.07, 6.45) is 0.291. The molecule has 0 N–H and O–H groups in total. The lowest BCUT2D eigenvalue weighted by Crippen LogP contribution is -2.44. The fraction of sp³-hybridized carbons (Fsp3) is 0.235. The fourth-order valence-electron chi connectivity index (χ4n) is 2.57. The van der Waals surface area contributed by atoms with Gasteiger partial charge in [-0.3, -0.25) is 9.20 Å². The van der Waals surface area contributed by atoms with Crippen LogP contribution < -0.4 is 15.0 Å². The van der Waals surface area contributed by atoms with Gasteiger partial charge in [-0.1, -0.05) is 12.1 Å². The summed E-state index contributed by atoms with van der Waals surface area (Å²) in [5.74, 6) is 0.533. The number of hydrogen-bond acceptors (Lipinski definition) is 7. The lowest BCUT2D eigenvalue weighted by Gasteiger charge is -2.30. The highest BCUT2D eigenvalue weighted by Gasteiger charge is 2.35. The Labute approximate surface area is 146 Å². The molecule has 7 nitrogen and oxygen atoms in total. The molecule has 1 aromatic carbocycles. The standard InChI is InChI=1S/C17H14N2O5S/c1-10-15(24-13-5-3-2-4-12(13)23-10)16(21)22-9-11-8-14(20)19-6-7-25-17(19)18-11/h2-8,10,15H,9H2,1H3/t10-,15+/m0/s1. The maximum Gasteiger partial charge on any atom is 0.351 e. The van der Waals surface area contributed by atoms with E-state index in [9.17, 15) is 9.59 Å². The zero-order chi connectivity index (χ0) is 17.4. The zero-order valence-electron chi connectivity index (χ0n) is 13.2. The molecule has 2 aromatic heterocycles. The predicted octanol–water partition coefficient (Wildman–Crippen LogP) is 2.03. The Morgan fingerprint density at radius 1 is 1.32 bits per heavy atom. The first-order valence-electron chi connectivity index (χ1n) is 7.66. The number of carbonyl (C=O) groups excluding carboxylic acids is 1. The van der Waals surface area contributed by atoms with E-state index >= 15 is 0 Å². The van der Waals surface area contributed by atoms with Gasteiger partial charge in [-0.2, -0.15) is 0 Å². The molecule has 0 fully saturated rings. The molecule has 0 spiro atoms. The van der Waals surface area contributed by atoms with Gasteiger partial charge in [0.1, 0.15) is 12.7 Å². The number of aromatic nitrogens is 2. The van der Waals surface area contributed by atoms with Crippen LogP contribution in [0.5, 0.6) is 11.5 Å². The Morgan fingerprint density at radius 3 is 2.88 bits per heavy atom. The maximum absolute atomic E-state index is 12.4. The molecule has 0 radical (unpaired) electrons. The van der Waals surface area contributed by atoms with Crippen LogP contribution in [-0.4, -0.2) is 27.6 Å². The van der Waals surface area contributed by atoms with Crippen LogP contribution in [-0.2, 0) is 16.1 Å². The summed E-state index contributed by atoms with van der Waals surface area (Å²) in [5, 5.41) is 1.77. The SMILES string of the molecule is C[C@@H]1Oc2ccccc2O[C@H]1C(=O)OCc1cc(=O)n2ccsc2n1. The molecular weight excluding hydrogens is 344 g/mol. The zero-order valence-corrected chi connectivity index (χ0v) is 14.1. The smallest absolute Gasteiger partial charge is 0.351 e. The van der Waals surface area contributed by atoms with Crippen LogP contribution in [0.25, 0.3) is 4.96 Å². The molecule has 25 heavy (non-hydrogen) atoms. The summed E-state index contributed by atoms with van der Waals surface area (Å²) < 4.78 is 18.1. The number of thiazole rings is 1. The van der Waals surface area contributed by atoms with Crippen LogP contribution in [0.1, 0.15) is 12.6 Å². The van der Waals surface area contributed by atoms with Crippen molar-refractivity contribution in [3.8, 4) is 11.5 Å². The minimum atomic E-state index is -0.874. The monoisotopic (exact) mass is 358 g/mol. The molecule has 1 aliphatic rings. The van der Waals surface area contributed by atoms with Crippen molar-refractivity contribution in [1.29, 1.82) is 0 Å². The first-order chi connectivity index (χ1) is 12.1. The second-order valence-corrected chi connectivity index (χ2v) is 6.43. The number of carbonyl (C=O) groups is 1. The van der Waals surface area contributed by atoms with Crippen molar-refractivity contribution in [2.75, 3.05) is 0 Å². The van der Waals surface area contributed by atoms with Gasteiger partial charge in [0.2, 0.25) is 6.10 Å². The van der Waals surface area contributed by atoms with Gasteiger partial charge < -0.3 is 14.2 Å². The number of fused-ring (bicyclic) bond motifs is 2. The summed E-state index contributed by atoms with van der Waals surface area (Å²) in [4.78, 5) is 29.1. The lowest BCUT2D eigenvalue weighted by atomic mass is 10.2. The van der Waals surface area contributed by atoms with Crippen LogP contribution in [0, 0.1) is 0 Å². The van der Waals surface area contributed by atoms with Crippen molar-refractivity contribution < 1.29 is 19.0 Å². The van der Waals surface area contributed by atoms with Crippen LogP contribution in [0.4, 0.5) is 0 Å². The van der Waals surface area contributed by atoms with E-state index in [-0.39, 0.29) is 12.2 Å². The van der Waals surface area contributed by atoms with E-state index in [0.717, 1.165) is 0 Å². The molecule has 1 aliphatic heterocycles. The molecule has 0 saturated carbocycles. The third-order valence-corrected chi connectivity index (χ3v) is 4.55. The van der Waals surface area contributed by atoms with Gasteiger partial charge in [0.25, 0.3) is 5.56 Å². The molecule has 0 saturated heterocycles. The summed E-state index contributed by atoms with van der Waals surface area (Å²) in [7, 11) is 0. The molecule has 0 amide bonds. The Balaban J connectivity index is 1.47. The van der Waals surface area contributed by atoms with E-state index in [4.69, 9.17) is 14.2 Å². The molecule has 3 heterocycles. The summed E-state index contributed by atoms with van der Waals surface area (Å²) >= 11 is 1.34. The van der Waals surface area contributed by atoms with Crippen LogP contribution >= 0.6 is 11.3 Å². The maximum atomic E-state index is 12.4. The summed E-state index contributed by atoms with van der Waals surface area (Å²) in [5.41, 5.74) is 0.183. The Bertz CT molecular complexity index is 996. The van der Waals surface area contributed by atoms with Gasteiger partial charge in [-0.25, -0.2) is 9.78 Å². The minimum Gasteiger partial charge on any atom is -0.482 e. The van der Waals surface area contributed by atoms with Crippen molar-refractivity contribution in [2.24, 2.45) is 0 Å².